The van der Waals surface area contributed by atoms with E-state index in [4.69, 9.17) is 11.6 Å². The average Bonchev–Trinajstić information content (AvgIpc) is 2.98. The normalized spacial score (nSPS) is 10.9. The van der Waals surface area contributed by atoms with Crippen LogP contribution in [0.2, 0.25) is 5.02 Å². The summed E-state index contributed by atoms with van der Waals surface area (Å²) in [4.78, 5) is 24.8. The molecule has 0 aliphatic carbocycles. The monoisotopic (exact) mass is 349 g/mol. The lowest BCUT2D eigenvalue weighted by molar-refractivity contribution is 0.101. The molecule has 0 fully saturated rings. The Morgan fingerprint density at radius 3 is 2.87 bits per heavy atom. The number of halogens is 1. The van der Waals surface area contributed by atoms with Gasteiger partial charge in [-0.1, -0.05) is 29.9 Å². The van der Waals surface area contributed by atoms with Crippen LogP contribution in [0.1, 0.15) is 22.4 Å². The van der Waals surface area contributed by atoms with Gasteiger partial charge in [-0.05, 0) is 24.6 Å². The van der Waals surface area contributed by atoms with E-state index < -0.39 is 11.3 Å². The topological polar surface area (TPSA) is 89.8 Å². The summed E-state index contributed by atoms with van der Waals surface area (Å²) in [6.45, 7) is 1.94. The molecule has 7 nitrogen and oxygen atoms in total. The zero-order valence-electron chi connectivity index (χ0n) is 12.3. The third-order valence-electron chi connectivity index (χ3n) is 3.22. The van der Waals surface area contributed by atoms with Crippen molar-refractivity contribution in [1.29, 1.82) is 0 Å². The molecule has 1 amide bonds. The Balaban J connectivity index is 2.03. The number of nitrogens with zero attached hydrogens (tertiary/aromatic N) is 4. The van der Waals surface area contributed by atoms with Crippen LogP contribution in [-0.2, 0) is 13.5 Å². The highest BCUT2D eigenvalue weighted by Crippen LogP contribution is 2.18. The molecule has 3 rings (SSSR count). The highest BCUT2D eigenvalue weighted by Gasteiger charge is 2.18. The van der Waals surface area contributed by atoms with E-state index in [-0.39, 0.29) is 5.69 Å². The summed E-state index contributed by atoms with van der Waals surface area (Å²) in [5.41, 5.74) is -0.0889. The number of carbonyl (C=O) groups is 1. The minimum atomic E-state index is -0.619. The third kappa shape index (κ3) is 2.95. The molecule has 118 valence electrons. The Morgan fingerprint density at radius 1 is 1.39 bits per heavy atom. The number of amides is 1. The van der Waals surface area contributed by atoms with Crippen molar-refractivity contribution >= 4 is 44.9 Å². The van der Waals surface area contributed by atoms with Gasteiger partial charge in [-0.3, -0.25) is 19.6 Å². The van der Waals surface area contributed by atoms with Crippen molar-refractivity contribution in [3.05, 3.63) is 44.1 Å². The maximum Gasteiger partial charge on any atom is 0.282 e. The van der Waals surface area contributed by atoms with Crippen LogP contribution in [0.3, 0.4) is 0 Å². The van der Waals surface area contributed by atoms with Crippen molar-refractivity contribution in [2.75, 3.05) is 5.32 Å². The number of aromatic nitrogens is 4. The first-order valence-electron chi connectivity index (χ1n) is 6.80. The van der Waals surface area contributed by atoms with E-state index in [2.05, 4.69) is 20.6 Å². The zero-order valence-corrected chi connectivity index (χ0v) is 13.9. The lowest BCUT2D eigenvalue weighted by Crippen LogP contribution is -2.26. The molecule has 2 heterocycles. The first-order chi connectivity index (χ1) is 11.0. The second-order valence-corrected chi connectivity index (χ2v) is 6.27. The van der Waals surface area contributed by atoms with Crippen LogP contribution in [0, 0.1) is 0 Å². The highest BCUT2D eigenvalue weighted by atomic mass is 35.5. The SMILES string of the molecule is CCc1nnc(NC(=O)c2nn(C)c3ccc(Cl)cc3c2=O)s1. The van der Waals surface area contributed by atoms with E-state index >= 15 is 0 Å². The molecule has 0 spiro atoms. The molecule has 0 unspecified atom stereocenters. The summed E-state index contributed by atoms with van der Waals surface area (Å²) < 4.78 is 1.47. The lowest BCUT2D eigenvalue weighted by Gasteiger charge is -2.07. The standard InChI is InChI=1S/C14H12ClN5O2S/c1-3-10-17-18-14(23-10)16-13(22)11-12(21)8-6-7(15)4-5-9(8)20(2)19-11/h4-6H,3H2,1-2H3,(H,16,18,22). The van der Waals surface area contributed by atoms with Crippen molar-refractivity contribution in [1.82, 2.24) is 20.0 Å². The summed E-state index contributed by atoms with van der Waals surface area (Å²) in [7, 11) is 1.66. The molecule has 0 aliphatic rings. The van der Waals surface area contributed by atoms with E-state index in [1.807, 2.05) is 6.92 Å². The van der Waals surface area contributed by atoms with Crippen LogP contribution >= 0.6 is 22.9 Å². The van der Waals surface area contributed by atoms with Crippen LogP contribution < -0.4 is 10.7 Å². The summed E-state index contributed by atoms with van der Waals surface area (Å²) >= 11 is 7.20. The molecule has 0 saturated heterocycles. The van der Waals surface area contributed by atoms with Gasteiger partial charge in [0.2, 0.25) is 10.6 Å². The molecule has 23 heavy (non-hydrogen) atoms. The van der Waals surface area contributed by atoms with Crippen LogP contribution in [0.25, 0.3) is 10.9 Å². The molecular formula is C14H12ClN5O2S. The Kier molecular flexibility index (Phi) is 4.10. The number of benzene rings is 1. The number of hydrogen-bond acceptors (Lipinski definition) is 6. The quantitative estimate of drug-likeness (QED) is 0.783. The van der Waals surface area contributed by atoms with Crippen LogP contribution in [-0.4, -0.2) is 25.9 Å². The Hall–Kier alpha value is -2.32. The molecule has 0 radical (unpaired) electrons. The van der Waals surface area contributed by atoms with E-state index in [9.17, 15) is 9.59 Å². The molecule has 3 aromatic rings. The maximum atomic E-state index is 12.5. The molecule has 1 aromatic carbocycles. The number of nitrogens with one attached hydrogen (secondary N) is 1. The fourth-order valence-electron chi connectivity index (χ4n) is 2.10. The highest BCUT2D eigenvalue weighted by molar-refractivity contribution is 7.15. The maximum absolute atomic E-state index is 12.5. The number of aryl methyl sites for hydroxylation is 2. The molecular weight excluding hydrogens is 338 g/mol. The van der Waals surface area contributed by atoms with Gasteiger partial charge < -0.3 is 0 Å². The number of fused-ring (bicyclic) bond motifs is 1. The minimum Gasteiger partial charge on any atom is -0.295 e. The molecule has 9 heteroatoms. The Bertz CT molecular complexity index is 965. The smallest absolute Gasteiger partial charge is 0.282 e. The van der Waals surface area contributed by atoms with Crippen LogP contribution in [0.15, 0.2) is 23.0 Å². The van der Waals surface area contributed by atoms with Crippen molar-refractivity contribution in [3.63, 3.8) is 0 Å². The van der Waals surface area contributed by atoms with E-state index in [1.54, 1.807) is 19.2 Å². The summed E-state index contributed by atoms with van der Waals surface area (Å²) in [6, 6.07) is 4.88. The summed E-state index contributed by atoms with van der Waals surface area (Å²) in [6.07, 6.45) is 0.724. The van der Waals surface area contributed by atoms with E-state index in [0.29, 0.717) is 21.1 Å². The number of carbonyl (C=O) groups excluding carboxylic acids is 1. The first-order valence-corrected chi connectivity index (χ1v) is 7.99. The lowest BCUT2D eigenvalue weighted by atomic mass is 10.2. The fourth-order valence-corrected chi connectivity index (χ4v) is 2.95. The average molecular weight is 350 g/mol. The predicted molar refractivity (Wildman–Crippen MR) is 89.2 cm³/mol. The van der Waals surface area contributed by atoms with Gasteiger partial charge in [0.05, 0.1) is 10.9 Å². The molecule has 1 N–H and O–H groups in total. The fraction of sp³-hybridized carbons (Fsp3) is 0.214. The van der Waals surface area contributed by atoms with Crippen molar-refractivity contribution in [3.8, 4) is 0 Å². The predicted octanol–water partition coefficient (Wildman–Crippen LogP) is 2.25. The van der Waals surface area contributed by atoms with Crippen molar-refractivity contribution in [2.24, 2.45) is 7.05 Å². The van der Waals surface area contributed by atoms with E-state index in [1.165, 1.54) is 22.1 Å². The Morgan fingerprint density at radius 2 is 2.17 bits per heavy atom. The largest absolute Gasteiger partial charge is 0.295 e. The number of rotatable bonds is 3. The minimum absolute atomic E-state index is 0.212. The van der Waals surface area contributed by atoms with Crippen molar-refractivity contribution in [2.45, 2.75) is 13.3 Å². The zero-order chi connectivity index (χ0) is 16.6. The van der Waals surface area contributed by atoms with Crippen LogP contribution in [0.4, 0.5) is 5.13 Å². The third-order valence-corrected chi connectivity index (χ3v) is 4.44. The Labute approximate surface area is 139 Å². The number of anilines is 1. The van der Waals surface area contributed by atoms with Gasteiger partial charge >= 0.3 is 0 Å². The van der Waals surface area contributed by atoms with Crippen molar-refractivity contribution < 1.29 is 4.79 Å². The number of hydrogen-bond donors (Lipinski definition) is 1. The summed E-state index contributed by atoms with van der Waals surface area (Å²) in [5.74, 6) is -0.619. The van der Waals surface area contributed by atoms with Gasteiger partial charge in [-0.15, -0.1) is 10.2 Å². The van der Waals surface area contributed by atoms with Gasteiger partial charge in [0.15, 0.2) is 5.69 Å². The molecule has 0 atom stereocenters. The van der Waals surface area contributed by atoms with Crippen LogP contribution in [0.5, 0.6) is 0 Å². The molecule has 0 bridgehead atoms. The van der Waals surface area contributed by atoms with Gasteiger partial charge in [0.25, 0.3) is 5.91 Å². The second kappa shape index (κ2) is 6.05. The molecule has 0 saturated carbocycles. The second-order valence-electron chi connectivity index (χ2n) is 4.77. The molecule has 0 aliphatic heterocycles. The first kappa shape index (κ1) is 15.6. The van der Waals surface area contributed by atoms with Gasteiger partial charge in [0.1, 0.15) is 5.01 Å². The van der Waals surface area contributed by atoms with E-state index in [0.717, 1.165) is 11.4 Å². The van der Waals surface area contributed by atoms with Gasteiger partial charge in [0, 0.05) is 12.1 Å². The molecule has 2 aromatic heterocycles. The summed E-state index contributed by atoms with van der Waals surface area (Å²) in [5, 5.41) is 16.3. The van der Waals surface area contributed by atoms with Gasteiger partial charge in [-0.25, -0.2) is 0 Å². The van der Waals surface area contributed by atoms with Gasteiger partial charge in [-0.2, -0.15) is 5.10 Å².